The van der Waals surface area contributed by atoms with E-state index in [1.807, 2.05) is 19.1 Å². The summed E-state index contributed by atoms with van der Waals surface area (Å²) in [6.45, 7) is 1.99. The van der Waals surface area contributed by atoms with Gasteiger partial charge >= 0.3 is 0 Å². The summed E-state index contributed by atoms with van der Waals surface area (Å²) >= 11 is 0. The van der Waals surface area contributed by atoms with E-state index in [4.69, 9.17) is 5.41 Å². The first-order valence-electron chi connectivity index (χ1n) is 3.83. The Balaban J connectivity index is 0.000000424. The molecule has 0 spiro atoms. The number of aryl methyl sites for hydroxylation is 1. The Morgan fingerprint density at radius 1 is 1.54 bits per heavy atom. The highest BCUT2D eigenvalue weighted by Gasteiger charge is 1.95. The molecule has 0 aliphatic rings. The first kappa shape index (κ1) is 11.3. The van der Waals surface area contributed by atoms with Gasteiger partial charge in [-0.2, -0.15) is 0 Å². The van der Waals surface area contributed by atoms with Gasteiger partial charge in [-0.05, 0) is 24.6 Å². The van der Waals surface area contributed by atoms with Crippen molar-refractivity contribution in [3.8, 4) is 5.75 Å². The maximum Gasteiger partial charge on any atom is 0.138 e. The molecule has 0 saturated carbocycles. The van der Waals surface area contributed by atoms with E-state index in [1.165, 1.54) is 0 Å². The van der Waals surface area contributed by atoms with Crippen molar-refractivity contribution < 1.29 is 5.11 Å². The number of hydrogen-bond acceptors (Lipinski definition) is 3. The number of anilines is 1. The third-order valence-electron chi connectivity index (χ3n) is 1.42. The van der Waals surface area contributed by atoms with Crippen LogP contribution in [0.15, 0.2) is 18.2 Å². The third kappa shape index (κ3) is 4.00. The molecule has 0 amide bonds. The van der Waals surface area contributed by atoms with Crippen LogP contribution in [0.5, 0.6) is 5.75 Å². The molecule has 0 fully saturated rings. The number of nitrogens with one attached hydrogen (secondary N) is 2. The predicted octanol–water partition coefficient (Wildman–Crippen LogP) is 1.29. The zero-order valence-electron chi connectivity index (χ0n) is 7.83. The van der Waals surface area contributed by atoms with Gasteiger partial charge < -0.3 is 16.2 Å². The van der Waals surface area contributed by atoms with Gasteiger partial charge in [0.2, 0.25) is 0 Å². The fraction of sp³-hybridized carbons (Fsp3) is 0.222. The van der Waals surface area contributed by atoms with Crippen LogP contribution in [0, 0.1) is 12.3 Å². The lowest BCUT2D eigenvalue weighted by Crippen LogP contribution is -1.88. The van der Waals surface area contributed by atoms with Gasteiger partial charge in [-0.1, -0.05) is 6.07 Å². The smallest absolute Gasteiger partial charge is 0.138 e. The molecule has 0 aromatic heterocycles. The minimum Gasteiger partial charge on any atom is -0.506 e. The van der Waals surface area contributed by atoms with E-state index in [0.29, 0.717) is 5.75 Å². The number of nitrogens with two attached hydrogens (primary N) is 1. The lowest BCUT2D eigenvalue weighted by Gasteiger charge is -2.02. The summed E-state index contributed by atoms with van der Waals surface area (Å²) in [5, 5.41) is 17.9. The Morgan fingerprint density at radius 3 is 2.46 bits per heavy atom. The molecule has 1 aromatic rings. The number of rotatable bonds is 1. The Kier molecular flexibility index (Phi) is 5.11. The summed E-state index contributed by atoms with van der Waals surface area (Å²) in [5.41, 5.74) is 6.31. The molecule has 0 atom stereocenters. The minimum atomic E-state index is 0.299. The number of phenols is 1. The van der Waals surface area contributed by atoms with Crippen molar-refractivity contribution >= 4 is 12.0 Å². The Hall–Kier alpha value is -1.71. The summed E-state index contributed by atoms with van der Waals surface area (Å²) in [6, 6.07) is 5.45. The number of hydrogen-bond donors (Lipinski definition) is 4. The highest BCUT2D eigenvalue weighted by Crippen LogP contribution is 2.22. The van der Waals surface area contributed by atoms with Crippen LogP contribution in [0.1, 0.15) is 5.56 Å². The molecule has 0 aliphatic heterocycles. The summed E-state index contributed by atoms with van der Waals surface area (Å²) in [5.74, 6) is 0.299. The topological polar surface area (TPSA) is 82.1 Å². The van der Waals surface area contributed by atoms with Crippen LogP contribution in [0.2, 0.25) is 0 Å². The van der Waals surface area contributed by atoms with E-state index in [-0.39, 0.29) is 0 Å². The van der Waals surface area contributed by atoms with Crippen molar-refractivity contribution in [2.24, 2.45) is 5.73 Å². The van der Waals surface area contributed by atoms with Gasteiger partial charge in [0.15, 0.2) is 0 Å². The first-order chi connectivity index (χ1) is 6.15. The molecule has 72 valence electrons. The molecular formula is C9H15N3O. The molecule has 0 saturated heterocycles. The number of benzene rings is 1. The second-order valence-electron chi connectivity index (χ2n) is 2.44. The molecule has 1 rings (SSSR count). The van der Waals surface area contributed by atoms with Gasteiger partial charge in [0, 0.05) is 7.05 Å². The standard InChI is InChI=1S/C8H11NO.CH4N2/c1-6-3-4-8(10)7(5-6)9-2;2-1-3/h3-5,9-10H,1-2H3;1H,(H3,2,3). The second kappa shape index (κ2) is 5.88. The summed E-state index contributed by atoms with van der Waals surface area (Å²) in [4.78, 5) is 0. The average Bonchev–Trinajstić information content (AvgIpc) is 2.10. The molecule has 0 radical (unpaired) electrons. The molecule has 0 heterocycles. The molecular weight excluding hydrogens is 166 g/mol. The van der Waals surface area contributed by atoms with Crippen molar-refractivity contribution in [3.63, 3.8) is 0 Å². The maximum atomic E-state index is 9.17. The fourth-order valence-corrected chi connectivity index (χ4v) is 0.850. The number of phenolic OH excluding ortho intramolecular Hbond substituents is 1. The van der Waals surface area contributed by atoms with Crippen LogP contribution in [-0.2, 0) is 0 Å². The first-order valence-corrected chi connectivity index (χ1v) is 3.83. The monoisotopic (exact) mass is 181 g/mol. The summed E-state index contributed by atoms with van der Waals surface area (Å²) in [7, 11) is 1.79. The van der Waals surface area contributed by atoms with Crippen molar-refractivity contribution in [2.75, 3.05) is 12.4 Å². The normalized spacial score (nSPS) is 8.15. The molecule has 0 bridgehead atoms. The van der Waals surface area contributed by atoms with Crippen molar-refractivity contribution in [2.45, 2.75) is 6.92 Å². The highest BCUT2D eigenvalue weighted by atomic mass is 16.3. The van der Waals surface area contributed by atoms with Gasteiger partial charge in [0.05, 0.1) is 12.0 Å². The lowest BCUT2D eigenvalue weighted by molar-refractivity contribution is 0.477. The highest BCUT2D eigenvalue weighted by molar-refractivity contribution is 5.56. The van der Waals surface area contributed by atoms with E-state index >= 15 is 0 Å². The quantitative estimate of drug-likeness (QED) is 0.299. The molecule has 0 unspecified atom stereocenters. The van der Waals surface area contributed by atoms with Crippen LogP contribution in [0.25, 0.3) is 0 Å². The molecule has 4 nitrogen and oxygen atoms in total. The summed E-state index contributed by atoms with van der Waals surface area (Å²) < 4.78 is 0. The molecule has 5 N–H and O–H groups in total. The van der Waals surface area contributed by atoms with Crippen molar-refractivity contribution in [1.29, 1.82) is 5.41 Å². The van der Waals surface area contributed by atoms with Gasteiger partial charge in [-0.25, -0.2) is 0 Å². The van der Waals surface area contributed by atoms with Crippen LogP contribution < -0.4 is 11.1 Å². The average molecular weight is 181 g/mol. The van der Waals surface area contributed by atoms with Crippen molar-refractivity contribution in [3.05, 3.63) is 23.8 Å². The van der Waals surface area contributed by atoms with Crippen LogP contribution in [0.3, 0.4) is 0 Å². The van der Waals surface area contributed by atoms with Crippen LogP contribution >= 0.6 is 0 Å². The SMILES string of the molecule is CNc1cc(C)ccc1O.N=CN. The second-order valence-corrected chi connectivity index (χ2v) is 2.44. The summed E-state index contributed by atoms with van der Waals surface area (Å²) in [6.07, 6.45) is 0.750. The zero-order chi connectivity index (χ0) is 10.3. The van der Waals surface area contributed by atoms with E-state index in [1.54, 1.807) is 13.1 Å². The lowest BCUT2D eigenvalue weighted by atomic mass is 10.2. The molecule has 4 heteroatoms. The van der Waals surface area contributed by atoms with Gasteiger partial charge in [-0.3, -0.25) is 5.41 Å². The predicted molar refractivity (Wildman–Crippen MR) is 55.4 cm³/mol. The van der Waals surface area contributed by atoms with Gasteiger partial charge in [-0.15, -0.1) is 0 Å². The van der Waals surface area contributed by atoms with E-state index in [2.05, 4.69) is 11.1 Å². The maximum absolute atomic E-state index is 9.17. The Morgan fingerprint density at radius 2 is 2.08 bits per heavy atom. The van der Waals surface area contributed by atoms with E-state index in [9.17, 15) is 5.11 Å². The van der Waals surface area contributed by atoms with Gasteiger partial charge in [0.25, 0.3) is 0 Å². The van der Waals surface area contributed by atoms with E-state index in [0.717, 1.165) is 17.6 Å². The van der Waals surface area contributed by atoms with Crippen LogP contribution in [0.4, 0.5) is 5.69 Å². The van der Waals surface area contributed by atoms with Gasteiger partial charge in [0.1, 0.15) is 5.75 Å². The minimum absolute atomic E-state index is 0.299. The molecule has 13 heavy (non-hydrogen) atoms. The van der Waals surface area contributed by atoms with Crippen LogP contribution in [-0.4, -0.2) is 18.5 Å². The third-order valence-corrected chi connectivity index (χ3v) is 1.42. The Bertz CT molecular complexity index is 274. The zero-order valence-corrected chi connectivity index (χ0v) is 7.83. The fourth-order valence-electron chi connectivity index (χ4n) is 0.850. The molecule has 0 aliphatic carbocycles. The van der Waals surface area contributed by atoms with E-state index < -0.39 is 0 Å². The number of aromatic hydroxyl groups is 1. The molecule has 1 aromatic carbocycles. The Labute approximate surface area is 77.9 Å². The van der Waals surface area contributed by atoms with Crippen molar-refractivity contribution in [1.82, 2.24) is 0 Å². The largest absolute Gasteiger partial charge is 0.506 e.